The van der Waals surface area contributed by atoms with Gasteiger partial charge in [0.05, 0.1) is 0 Å². The van der Waals surface area contributed by atoms with Gasteiger partial charge in [-0.25, -0.2) is 0 Å². The molecule has 3 heteroatoms. The van der Waals surface area contributed by atoms with Crippen LogP contribution in [0.4, 0.5) is 0 Å². The smallest absolute Gasteiger partial charge is 0.168 e. The summed E-state index contributed by atoms with van der Waals surface area (Å²) in [5.41, 5.74) is 0. The lowest BCUT2D eigenvalue weighted by atomic mass is 12.0. The summed E-state index contributed by atoms with van der Waals surface area (Å²) in [5.74, 6) is 0. The van der Waals surface area contributed by atoms with Crippen molar-refractivity contribution in [2.45, 2.75) is 7.43 Å². The average molecular weight is 80.1 g/mol. The molecule has 0 aromatic heterocycles. The first-order valence-corrected chi connectivity index (χ1v) is 1.00. The first-order valence-electron chi connectivity index (χ1n) is 0.333. The minimum Gasteiger partial charge on any atom is -0.168 e. The van der Waals surface area contributed by atoms with Crippen LogP contribution < -0.4 is 0 Å². The maximum Gasteiger partial charge on any atom is 0.335 e. The fourth-order valence-corrected chi connectivity index (χ4v) is 0. The molecule has 0 aliphatic rings. The van der Waals surface area contributed by atoms with Gasteiger partial charge in [-0.3, -0.25) is 0 Å². The Balaban J connectivity index is 0. The highest BCUT2D eigenvalue weighted by molar-refractivity contribution is 7.51. The van der Waals surface area contributed by atoms with Crippen molar-refractivity contribution in [3.63, 3.8) is 0 Å². The first-order chi connectivity index (χ1) is 1.41. The van der Waals surface area contributed by atoms with Crippen LogP contribution in [0.2, 0.25) is 0 Å². The normalized spacial score (nSPS) is 3.00. The monoisotopic (exact) mass is 80.0 g/mol. The van der Waals surface area contributed by atoms with Crippen LogP contribution in [0.3, 0.4) is 0 Å². The Bertz CT molecular complexity index is 27.0. The van der Waals surface area contributed by atoms with Crippen molar-refractivity contribution < 1.29 is 8.42 Å². The quantitative estimate of drug-likeness (QED) is 0.409. The minimum absolute atomic E-state index is 0. The van der Waals surface area contributed by atoms with Crippen molar-refractivity contribution in [1.29, 1.82) is 0 Å². The summed E-state index contributed by atoms with van der Waals surface area (Å²) in [4.78, 5) is 0. The molecule has 0 bridgehead atoms. The second-order valence-electron chi connectivity index (χ2n) is 0.0680. The standard InChI is InChI=1S/CH4.O2S/c;1-3-2/h1H4;. The molecule has 0 saturated carbocycles. The van der Waals surface area contributed by atoms with Crippen LogP contribution in [0.25, 0.3) is 0 Å². The lowest BCUT2D eigenvalue weighted by molar-refractivity contribution is 0.630. The third kappa shape index (κ3) is 37.8. The van der Waals surface area contributed by atoms with Crippen molar-refractivity contribution >= 4 is 11.6 Å². The molecular formula is CH4O2S. The molecule has 0 N–H and O–H groups in total. The van der Waals surface area contributed by atoms with E-state index in [-0.39, 0.29) is 7.43 Å². The molecule has 0 aliphatic heterocycles. The van der Waals surface area contributed by atoms with E-state index in [4.69, 9.17) is 8.42 Å². The molecule has 2 nitrogen and oxygen atoms in total. The molecule has 0 atom stereocenters. The highest BCUT2D eigenvalue weighted by Gasteiger charge is 1.12. The van der Waals surface area contributed by atoms with Crippen LogP contribution in [0.5, 0.6) is 0 Å². The van der Waals surface area contributed by atoms with E-state index in [9.17, 15) is 0 Å². The third-order valence-electron chi connectivity index (χ3n) is 0. The van der Waals surface area contributed by atoms with Crippen molar-refractivity contribution in [3.8, 4) is 0 Å². The summed E-state index contributed by atoms with van der Waals surface area (Å²) in [6, 6.07) is 0. The number of hydrogen-bond acceptors (Lipinski definition) is 2. The Kier molecular flexibility index (Phi) is 31.9. The zero-order chi connectivity index (χ0) is 2.71. The molecule has 0 heterocycles. The molecule has 0 aromatic rings. The molecule has 0 saturated heterocycles. The van der Waals surface area contributed by atoms with Gasteiger partial charge in [0.1, 0.15) is 0 Å². The van der Waals surface area contributed by atoms with Gasteiger partial charge in [0.25, 0.3) is 0 Å². The fraction of sp³-hybridized carbons (Fsp3) is 1.00. The van der Waals surface area contributed by atoms with E-state index < -0.39 is 11.6 Å². The first kappa shape index (κ1) is 9.17. The molecular weight excluding hydrogens is 76.1 g/mol. The van der Waals surface area contributed by atoms with Crippen LogP contribution in [0, 0.1) is 0 Å². The Morgan fingerprint density at radius 2 is 1.25 bits per heavy atom. The predicted molar refractivity (Wildman–Crippen MR) is 15.7 cm³/mol. The Morgan fingerprint density at radius 3 is 1.25 bits per heavy atom. The largest absolute Gasteiger partial charge is 0.335 e. The van der Waals surface area contributed by atoms with Gasteiger partial charge >= 0.3 is 11.6 Å². The summed E-state index contributed by atoms with van der Waals surface area (Å²) in [5, 5.41) is 0. The van der Waals surface area contributed by atoms with E-state index >= 15 is 0 Å². The van der Waals surface area contributed by atoms with Crippen molar-refractivity contribution in [3.05, 3.63) is 0 Å². The highest BCUT2D eigenvalue weighted by atomic mass is 32.1. The molecule has 0 amide bonds. The summed E-state index contributed by atoms with van der Waals surface area (Å²) >= 11 is -0.750. The van der Waals surface area contributed by atoms with Crippen LogP contribution >= 0.6 is 0 Å². The van der Waals surface area contributed by atoms with E-state index in [1.165, 1.54) is 0 Å². The van der Waals surface area contributed by atoms with Crippen LogP contribution in [0.15, 0.2) is 0 Å². The zero-order valence-corrected chi connectivity index (χ0v) is 2.04. The zero-order valence-electron chi connectivity index (χ0n) is 1.22. The molecule has 0 spiro atoms. The Hall–Kier alpha value is -0.180. The molecule has 0 fully saturated rings. The Morgan fingerprint density at radius 1 is 1.25 bits per heavy atom. The van der Waals surface area contributed by atoms with E-state index in [0.29, 0.717) is 0 Å². The van der Waals surface area contributed by atoms with Crippen molar-refractivity contribution in [1.82, 2.24) is 0 Å². The Labute approximate surface area is 28.4 Å². The van der Waals surface area contributed by atoms with E-state index in [1.807, 2.05) is 0 Å². The van der Waals surface area contributed by atoms with Crippen molar-refractivity contribution in [2.75, 3.05) is 0 Å². The number of rotatable bonds is 0. The summed E-state index contributed by atoms with van der Waals surface area (Å²) < 4.78 is 16.6. The van der Waals surface area contributed by atoms with Gasteiger partial charge in [-0.05, 0) is 0 Å². The van der Waals surface area contributed by atoms with E-state index in [2.05, 4.69) is 0 Å². The molecule has 0 aromatic carbocycles. The third-order valence-corrected chi connectivity index (χ3v) is 0. The average Bonchev–Trinajstić information content (AvgIpc) is 0.918. The number of hydrogen-bond donors (Lipinski definition) is 0. The van der Waals surface area contributed by atoms with Gasteiger partial charge in [0, 0.05) is 0 Å². The summed E-state index contributed by atoms with van der Waals surface area (Å²) in [6.07, 6.45) is 0. The predicted octanol–water partition coefficient (Wildman–Crippen LogP) is -0.0341. The minimum atomic E-state index is -0.750. The summed E-state index contributed by atoms with van der Waals surface area (Å²) in [7, 11) is 0. The van der Waals surface area contributed by atoms with E-state index in [1.54, 1.807) is 0 Å². The lowest BCUT2D eigenvalue weighted by Gasteiger charge is -0.947. The van der Waals surface area contributed by atoms with Crippen LogP contribution in [0.1, 0.15) is 7.43 Å². The molecule has 0 aliphatic carbocycles. The summed E-state index contributed by atoms with van der Waals surface area (Å²) in [6.45, 7) is 0. The van der Waals surface area contributed by atoms with E-state index in [0.717, 1.165) is 0 Å². The molecule has 4 heavy (non-hydrogen) atoms. The topological polar surface area (TPSA) is 34.1 Å². The van der Waals surface area contributed by atoms with Gasteiger partial charge in [-0.2, -0.15) is 8.42 Å². The van der Waals surface area contributed by atoms with Gasteiger partial charge in [-0.15, -0.1) is 0 Å². The van der Waals surface area contributed by atoms with Gasteiger partial charge in [0.15, 0.2) is 0 Å². The lowest BCUT2D eigenvalue weighted by Crippen LogP contribution is -1.18. The van der Waals surface area contributed by atoms with Gasteiger partial charge < -0.3 is 0 Å². The molecule has 26 valence electrons. The van der Waals surface area contributed by atoms with Crippen LogP contribution in [-0.4, -0.2) is 8.42 Å². The highest BCUT2D eigenvalue weighted by Crippen LogP contribution is 0.846. The maximum atomic E-state index is 8.29. The molecule has 0 rings (SSSR count). The second kappa shape index (κ2) is 13.9. The molecule has 0 radical (unpaired) electrons. The van der Waals surface area contributed by atoms with Crippen molar-refractivity contribution in [2.24, 2.45) is 0 Å². The SMILES string of the molecule is C.O=S=O. The molecule has 0 unspecified atom stereocenters. The maximum absolute atomic E-state index is 8.29. The van der Waals surface area contributed by atoms with Crippen LogP contribution in [-0.2, 0) is 11.6 Å². The van der Waals surface area contributed by atoms with Gasteiger partial charge in [0.2, 0.25) is 0 Å². The fourth-order valence-electron chi connectivity index (χ4n) is 0. The second-order valence-corrected chi connectivity index (χ2v) is 0.204. The van der Waals surface area contributed by atoms with Gasteiger partial charge in [-0.1, -0.05) is 7.43 Å².